The van der Waals surface area contributed by atoms with Crippen LogP contribution < -0.4 is 5.32 Å². The van der Waals surface area contributed by atoms with E-state index in [-0.39, 0.29) is 0 Å². The number of nitrogens with zero attached hydrogens (tertiary/aromatic N) is 1. The molecule has 1 aliphatic rings. The Morgan fingerprint density at radius 2 is 1.71 bits per heavy atom. The Kier molecular flexibility index (Phi) is 7.54. The lowest BCUT2D eigenvalue weighted by Gasteiger charge is -2.29. The van der Waals surface area contributed by atoms with Crippen LogP contribution in [0.15, 0.2) is 29.2 Å². The minimum Gasteiger partial charge on any atom is -0.317 e. The molecule has 1 saturated carbocycles. The highest BCUT2D eigenvalue weighted by molar-refractivity contribution is 7.89. The smallest absolute Gasteiger partial charge is 0.242 e. The summed E-state index contributed by atoms with van der Waals surface area (Å²) in [7, 11) is -1.75. The van der Waals surface area contributed by atoms with E-state index < -0.39 is 10.0 Å². The van der Waals surface area contributed by atoms with E-state index in [1.54, 1.807) is 31.3 Å². The van der Waals surface area contributed by atoms with E-state index in [4.69, 9.17) is 11.6 Å². The number of benzene rings is 1. The topological polar surface area (TPSA) is 49.4 Å². The van der Waals surface area contributed by atoms with Crippen LogP contribution in [-0.2, 0) is 10.0 Å². The third-order valence-electron chi connectivity index (χ3n) is 5.02. The molecule has 136 valence electrons. The molecule has 4 nitrogen and oxygen atoms in total. The highest BCUT2D eigenvalue weighted by Gasteiger charge is 2.24. The lowest BCUT2D eigenvalue weighted by Crippen LogP contribution is -2.31. The lowest BCUT2D eigenvalue weighted by molar-refractivity contribution is 0.248. The fraction of sp³-hybridized carbons (Fsp3) is 0.667. The van der Waals surface area contributed by atoms with E-state index in [2.05, 4.69) is 12.2 Å². The average molecular weight is 373 g/mol. The van der Waals surface area contributed by atoms with Gasteiger partial charge < -0.3 is 5.32 Å². The molecule has 1 aliphatic carbocycles. The predicted octanol–water partition coefficient (Wildman–Crippen LogP) is 3.77. The molecule has 1 aromatic carbocycles. The zero-order valence-electron chi connectivity index (χ0n) is 14.7. The molecule has 0 heterocycles. The molecule has 0 spiro atoms. The summed E-state index contributed by atoms with van der Waals surface area (Å²) in [6.07, 6.45) is 5.88. The normalized spacial score (nSPS) is 22.0. The summed E-state index contributed by atoms with van der Waals surface area (Å²) in [5.74, 6) is 1.43. The van der Waals surface area contributed by atoms with Gasteiger partial charge in [0.15, 0.2) is 0 Å². The first kappa shape index (κ1) is 19.7. The molecule has 0 amide bonds. The lowest BCUT2D eigenvalue weighted by atomic mass is 9.80. The largest absolute Gasteiger partial charge is 0.317 e. The number of rotatable bonds is 8. The van der Waals surface area contributed by atoms with Crippen LogP contribution in [0.1, 0.15) is 39.0 Å². The minimum absolute atomic E-state index is 0.309. The number of halogens is 1. The zero-order chi connectivity index (χ0) is 17.6. The van der Waals surface area contributed by atoms with Gasteiger partial charge in [-0.1, -0.05) is 31.4 Å². The van der Waals surface area contributed by atoms with Crippen molar-refractivity contribution in [1.29, 1.82) is 0 Å². The molecule has 2 rings (SSSR count). The van der Waals surface area contributed by atoms with E-state index in [9.17, 15) is 8.42 Å². The average Bonchev–Trinajstić information content (AvgIpc) is 2.59. The van der Waals surface area contributed by atoms with Crippen molar-refractivity contribution in [2.24, 2.45) is 11.8 Å². The highest BCUT2D eigenvalue weighted by Crippen LogP contribution is 2.31. The summed E-state index contributed by atoms with van der Waals surface area (Å²) in [6, 6.07) is 6.38. The summed E-state index contributed by atoms with van der Waals surface area (Å²) in [5, 5.41) is 3.98. The van der Waals surface area contributed by atoms with Gasteiger partial charge in [0.05, 0.1) is 4.90 Å². The van der Waals surface area contributed by atoms with Gasteiger partial charge in [0.2, 0.25) is 10.0 Å². The first-order chi connectivity index (χ1) is 11.4. The van der Waals surface area contributed by atoms with Gasteiger partial charge in [-0.05, 0) is 68.5 Å². The Labute approximate surface area is 151 Å². The van der Waals surface area contributed by atoms with Crippen LogP contribution in [-0.4, -0.2) is 39.4 Å². The van der Waals surface area contributed by atoms with Crippen LogP contribution in [0, 0.1) is 11.8 Å². The van der Waals surface area contributed by atoms with Crippen LogP contribution in [0.5, 0.6) is 0 Å². The van der Waals surface area contributed by atoms with Crippen molar-refractivity contribution in [3.05, 3.63) is 29.3 Å². The Morgan fingerprint density at radius 1 is 1.12 bits per heavy atom. The van der Waals surface area contributed by atoms with Crippen molar-refractivity contribution in [3.8, 4) is 0 Å². The van der Waals surface area contributed by atoms with E-state index in [0.717, 1.165) is 25.4 Å². The van der Waals surface area contributed by atoms with Crippen LogP contribution >= 0.6 is 11.6 Å². The Hall–Kier alpha value is -0.620. The third-order valence-corrected chi connectivity index (χ3v) is 7.15. The second-order valence-electron chi connectivity index (χ2n) is 6.76. The second-order valence-corrected chi connectivity index (χ2v) is 9.24. The molecule has 24 heavy (non-hydrogen) atoms. The molecule has 0 atom stereocenters. The fourth-order valence-corrected chi connectivity index (χ4v) is 4.66. The van der Waals surface area contributed by atoms with E-state index in [1.165, 1.54) is 30.0 Å². The third kappa shape index (κ3) is 5.45. The molecular weight excluding hydrogens is 344 g/mol. The van der Waals surface area contributed by atoms with Gasteiger partial charge in [-0.3, -0.25) is 0 Å². The van der Waals surface area contributed by atoms with Gasteiger partial charge in [-0.15, -0.1) is 0 Å². The van der Waals surface area contributed by atoms with Gasteiger partial charge >= 0.3 is 0 Å². The van der Waals surface area contributed by atoms with E-state index in [1.807, 2.05) is 0 Å². The summed E-state index contributed by atoms with van der Waals surface area (Å²) in [4.78, 5) is 0.309. The Balaban J connectivity index is 1.81. The molecule has 0 bridgehead atoms. The highest BCUT2D eigenvalue weighted by atomic mass is 35.5. The molecule has 0 unspecified atom stereocenters. The van der Waals surface area contributed by atoms with Crippen LogP contribution in [0.4, 0.5) is 0 Å². The number of sulfonamides is 1. The molecule has 0 aromatic heterocycles. The Morgan fingerprint density at radius 3 is 2.29 bits per heavy atom. The number of hydrogen-bond donors (Lipinski definition) is 1. The maximum Gasteiger partial charge on any atom is 0.242 e. The maximum absolute atomic E-state index is 12.6. The van der Waals surface area contributed by atoms with Crippen molar-refractivity contribution >= 4 is 21.6 Å². The molecule has 1 N–H and O–H groups in total. The summed E-state index contributed by atoms with van der Waals surface area (Å²) in [5.41, 5.74) is 0. The first-order valence-electron chi connectivity index (χ1n) is 8.86. The van der Waals surface area contributed by atoms with Gasteiger partial charge in [0.25, 0.3) is 0 Å². The van der Waals surface area contributed by atoms with Crippen LogP contribution in [0.2, 0.25) is 5.02 Å². The molecule has 0 saturated heterocycles. The fourth-order valence-electron chi connectivity index (χ4n) is 3.34. The zero-order valence-corrected chi connectivity index (χ0v) is 16.2. The van der Waals surface area contributed by atoms with Crippen molar-refractivity contribution in [2.45, 2.75) is 43.9 Å². The van der Waals surface area contributed by atoms with Gasteiger partial charge in [-0.25, -0.2) is 12.7 Å². The van der Waals surface area contributed by atoms with Crippen LogP contribution in [0.3, 0.4) is 0 Å². The number of hydrogen-bond acceptors (Lipinski definition) is 3. The van der Waals surface area contributed by atoms with Crippen LogP contribution in [0.25, 0.3) is 0 Å². The minimum atomic E-state index is -3.41. The summed E-state index contributed by atoms with van der Waals surface area (Å²) >= 11 is 5.83. The van der Waals surface area contributed by atoms with Gasteiger partial charge in [0.1, 0.15) is 0 Å². The molecule has 1 fully saturated rings. The maximum atomic E-state index is 12.6. The van der Waals surface area contributed by atoms with E-state index >= 15 is 0 Å². The second kappa shape index (κ2) is 9.18. The molecule has 0 radical (unpaired) electrons. The standard InChI is InChI=1S/C18H29ClN2O2S/c1-3-20-14-16-6-4-15(5-7-16)12-13-21(2)24(22,23)18-10-8-17(19)9-11-18/h8-11,15-16,20H,3-7,12-14H2,1-2H3/t15-,16-. The molecule has 6 heteroatoms. The number of nitrogens with one attached hydrogen (secondary N) is 1. The summed E-state index contributed by atoms with van der Waals surface area (Å²) < 4.78 is 26.6. The van der Waals surface area contributed by atoms with Crippen molar-refractivity contribution in [3.63, 3.8) is 0 Å². The first-order valence-corrected chi connectivity index (χ1v) is 10.7. The molecule has 0 aliphatic heterocycles. The Bertz CT molecular complexity index is 596. The SMILES string of the molecule is CCNC[C@H]1CC[C@H](CCN(C)S(=O)(=O)c2ccc(Cl)cc2)CC1. The van der Waals surface area contributed by atoms with Gasteiger partial charge in [0, 0.05) is 18.6 Å². The van der Waals surface area contributed by atoms with Gasteiger partial charge in [-0.2, -0.15) is 0 Å². The monoisotopic (exact) mass is 372 g/mol. The molecular formula is C18H29ClN2O2S. The van der Waals surface area contributed by atoms with Crippen molar-refractivity contribution in [1.82, 2.24) is 9.62 Å². The van der Waals surface area contributed by atoms with Crippen molar-refractivity contribution in [2.75, 3.05) is 26.7 Å². The predicted molar refractivity (Wildman–Crippen MR) is 99.9 cm³/mol. The van der Waals surface area contributed by atoms with Crippen molar-refractivity contribution < 1.29 is 8.42 Å². The summed E-state index contributed by atoms with van der Waals surface area (Å²) in [6.45, 7) is 4.87. The van der Waals surface area contributed by atoms with E-state index in [0.29, 0.717) is 22.4 Å². The molecule has 1 aromatic rings. The quantitative estimate of drug-likeness (QED) is 0.755.